The fraction of sp³-hybridized carbons (Fsp3) is 0.125. The Hall–Kier alpha value is -2.00. The molecule has 0 saturated heterocycles. The summed E-state index contributed by atoms with van der Waals surface area (Å²) >= 11 is 0. The van der Waals surface area contributed by atoms with E-state index in [1.165, 1.54) is 11.1 Å². The molecule has 0 nitrogen and oxygen atoms in total. The first-order chi connectivity index (χ1) is 7.72. The number of hydrogen-bond acceptors (Lipinski definition) is 0. The molecule has 0 amide bonds. The smallest absolute Gasteiger partial charge is 0.0340 e. The first-order valence-electron chi connectivity index (χ1n) is 5.19. The number of benzene rings is 1. The Kier molecular flexibility index (Phi) is 4.36. The molecular formula is C16H16. The summed E-state index contributed by atoms with van der Waals surface area (Å²) in [6, 6.07) is 6.10. The van der Waals surface area contributed by atoms with Gasteiger partial charge in [-0.3, -0.25) is 0 Å². The summed E-state index contributed by atoms with van der Waals surface area (Å²) in [6.07, 6.45) is 10.4. The maximum absolute atomic E-state index is 5.37. The second-order valence-corrected chi connectivity index (χ2v) is 3.61. The van der Waals surface area contributed by atoms with Crippen molar-refractivity contribution >= 4 is 6.08 Å². The molecule has 1 rings (SSSR count). The van der Waals surface area contributed by atoms with Crippen LogP contribution in [0.4, 0.5) is 0 Å². The molecule has 0 aliphatic heterocycles. The van der Waals surface area contributed by atoms with E-state index in [1.54, 1.807) is 6.08 Å². The fourth-order valence-corrected chi connectivity index (χ4v) is 1.64. The van der Waals surface area contributed by atoms with Gasteiger partial charge in [0.2, 0.25) is 0 Å². The zero-order valence-corrected chi connectivity index (χ0v) is 9.50. The van der Waals surface area contributed by atoms with Gasteiger partial charge in [-0.1, -0.05) is 55.7 Å². The maximum atomic E-state index is 5.37. The number of terminal acetylenes is 1. The Bertz CT molecular complexity index is 455. The second-order valence-electron chi connectivity index (χ2n) is 3.61. The van der Waals surface area contributed by atoms with Gasteiger partial charge in [0.05, 0.1) is 0 Å². The minimum atomic E-state index is 0.640. The van der Waals surface area contributed by atoms with Gasteiger partial charge in [-0.2, -0.15) is 0 Å². The maximum Gasteiger partial charge on any atom is 0.0340 e. The summed E-state index contributed by atoms with van der Waals surface area (Å²) in [7, 11) is 0. The Balaban J connectivity index is 3.19. The summed E-state index contributed by atoms with van der Waals surface area (Å²) in [5, 5.41) is 0. The highest BCUT2D eigenvalue weighted by Crippen LogP contribution is 2.20. The van der Waals surface area contributed by atoms with Crippen molar-refractivity contribution in [1.29, 1.82) is 0 Å². The standard InChI is InChI=1S/C16H16/c1-5-9-15-11-8-10-14(7-3)16(15)12-13(4)6-2/h1,6-8,10-11H,2-4,9,12H2. The molecular weight excluding hydrogens is 192 g/mol. The van der Waals surface area contributed by atoms with E-state index in [4.69, 9.17) is 6.42 Å². The lowest BCUT2D eigenvalue weighted by molar-refractivity contribution is 1.13. The molecule has 0 N–H and O–H groups in total. The summed E-state index contributed by atoms with van der Waals surface area (Å²) in [6.45, 7) is 11.5. The van der Waals surface area contributed by atoms with Crippen LogP contribution in [-0.2, 0) is 12.8 Å². The third-order valence-electron chi connectivity index (χ3n) is 2.51. The van der Waals surface area contributed by atoms with E-state index in [1.807, 2.05) is 18.2 Å². The molecule has 0 aliphatic carbocycles. The van der Waals surface area contributed by atoms with Crippen LogP contribution in [0, 0.1) is 12.3 Å². The van der Waals surface area contributed by atoms with Gasteiger partial charge in [0, 0.05) is 6.42 Å². The first-order valence-corrected chi connectivity index (χ1v) is 5.19. The first kappa shape index (κ1) is 12.1. The monoisotopic (exact) mass is 208 g/mol. The molecule has 16 heavy (non-hydrogen) atoms. The molecule has 1 aromatic rings. The molecule has 0 spiro atoms. The van der Waals surface area contributed by atoms with Crippen molar-refractivity contribution in [3.05, 3.63) is 66.3 Å². The molecule has 0 fully saturated rings. The van der Waals surface area contributed by atoms with Crippen LogP contribution < -0.4 is 0 Å². The average Bonchev–Trinajstić information content (AvgIpc) is 2.31. The van der Waals surface area contributed by atoms with Crippen LogP contribution >= 0.6 is 0 Å². The quantitative estimate of drug-likeness (QED) is 0.510. The molecule has 80 valence electrons. The van der Waals surface area contributed by atoms with E-state index in [-0.39, 0.29) is 0 Å². The summed E-state index contributed by atoms with van der Waals surface area (Å²) in [5.41, 5.74) is 4.49. The van der Waals surface area contributed by atoms with Crippen LogP contribution in [0.25, 0.3) is 6.08 Å². The second kappa shape index (κ2) is 5.78. The van der Waals surface area contributed by atoms with E-state index in [0.29, 0.717) is 6.42 Å². The Morgan fingerprint density at radius 2 is 2.12 bits per heavy atom. The molecule has 0 saturated carbocycles. The van der Waals surface area contributed by atoms with Crippen molar-refractivity contribution in [3.63, 3.8) is 0 Å². The van der Waals surface area contributed by atoms with Gasteiger partial charge in [-0.15, -0.1) is 12.3 Å². The molecule has 0 atom stereocenters. The van der Waals surface area contributed by atoms with Crippen molar-refractivity contribution in [3.8, 4) is 12.3 Å². The van der Waals surface area contributed by atoms with Crippen molar-refractivity contribution < 1.29 is 0 Å². The van der Waals surface area contributed by atoms with Gasteiger partial charge < -0.3 is 0 Å². The molecule has 1 aromatic carbocycles. The molecule has 0 unspecified atom stereocenters. The van der Waals surface area contributed by atoms with Gasteiger partial charge in [0.1, 0.15) is 0 Å². The lowest BCUT2D eigenvalue weighted by atomic mass is 9.93. The van der Waals surface area contributed by atoms with Crippen molar-refractivity contribution in [2.24, 2.45) is 0 Å². The van der Waals surface area contributed by atoms with Gasteiger partial charge in [0.15, 0.2) is 0 Å². The Morgan fingerprint density at radius 1 is 1.38 bits per heavy atom. The lowest BCUT2D eigenvalue weighted by Crippen LogP contribution is -1.97. The van der Waals surface area contributed by atoms with Crippen molar-refractivity contribution in [1.82, 2.24) is 0 Å². The predicted molar refractivity (Wildman–Crippen MR) is 72.1 cm³/mol. The van der Waals surface area contributed by atoms with E-state index in [2.05, 4.69) is 31.7 Å². The Morgan fingerprint density at radius 3 is 2.69 bits per heavy atom. The molecule has 0 radical (unpaired) electrons. The van der Waals surface area contributed by atoms with E-state index in [0.717, 1.165) is 17.6 Å². The number of allylic oxidation sites excluding steroid dienone is 2. The SMILES string of the molecule is C#CCc1cccc(C=C)c1CC(=C)C=C. The zero-order chi connectivity index (χ0) is 12.0. The normalized spacial score (nSPS) is 9.19. The van der Waals surface area contributed by atoms with E-state index >= 15 is 0 Å². The van der Waals surface area contributed by atoms with Crippen LogP contribution in [0.1, 0.15) is 16.7 Å². The van der Waals surface area contributed by atoms with Crippen LogP contribution in [0.15, 0.2) is 49.6 Å². The summed E-state index contributed by atoms with van der Waals surface area (Å²) in [5.74, 6) is 2.68. The van der Waals surface area contributed by atoms with Gasteiger partial charge >= 0.3 is 0 Å². The third-order valence-corrected chi connectivity index (χ3v) is 2.51. The minimum absolute atomic E-state index is 0.640. The largest absolute Gasteiger partial charge is 0.120 e. The van der Waals surface area contributed by atoms with Gasteiger partial charge in [0.25, 0.3) is 0 Å². The van der Waals surface area contributed by atoms with Crippen LogP contribution in [-0.4, -0.2) is 0 Å². The summed E-state index contributed by atoms with van der Waals surface area (Å²) in [4.78, 5) is 0. The third kappa shape index (κ3) is 2.74. The van der Waals surface area contributed by atoms with Gasteiger partial charge in [-0.05, 0) is 23.1 Å². The van der Waals surface area contributed by atoms with Crippen LogP contribution in [0.2, 0.25) is 0 Å². The van der Waals surface area contributed by atoms with Crippen LogP contribution in [0.3, 0.4) is 0 Å². The lowest BCUT2D eigenvalue weighted by Gasteiger charge is -2.11. The fourth-order valence-electron chi connectivity index (χ4n) is 1.64. The van der Waals surface area contributed by atoms with E-state index in [9.17, 15) is 0 Å². The average molecular weight is 208 g/mol. The topological polar surface area (TPSA) is 0 Å². The molecule has 0 heterocycles. The predicted octanol–water partition coefficient (Wildman–Crippen LogP) is 3.79. The van der Waals surface area contributed by atoms with Crippen molar-refractivity contribution in [2.75, 3.05) is 0 Å². The molecule has 0 heteroatoms. The van der Waals surface area contributed by atoms with Crippen LogP contribution in [0.5, 0.6) is 0 Å². The molecule has 0 bridgehead atoms. The van der Waals surface area contributed by atoms with E-state index < -0.39 is 0 Å². The highest BCUT2D eigenvalue weighted by molar-refractivity contribution is 5.56. The number of rotatable bonds is 5. The van der Waals surface area contributed by atoms with Crippen molar-refractivity contribution in [2.45, 2.75) is 12.8 Å². The van der Waals surface area contributed by atoms with Gasteiger partial charge in [-0.25, -0.2) is 0 Å². The molecule has 0 aliphatic rings. The molecule has 0 aromatic heterocycles. The Labute approximate surface area is 98.0 Å². The highest BCUT2D eigenvalue weighted by Gasteiger charge is 2.05. The zero-order valence-electron chi connectivity index (χ0n) is 9.50. The highest BCUT2D eigenvalue weighted by atomic mass is 14.1. The number of hydrogen-bond donors (Lipinski definition) is 0. The minimum Gasteiger partial charge on any atom is -0.120 e. The summed E-state index contributed by atoms with van der Waals surface area (Å²) < 4.78 is 0.